The fourth-order valence-corrected chi connectivity index (χ4v) is 1.24. The molecule has 1 N–H and O–H groups in total. The van der Waals surface area contributed by atoms with Crippen molar-refractivity contribution in [2.24, 2.45) is 5.41 Å². The molecule has 0 spiro atoms. The Kier molecular flexibility index (Phi) is 9.92. The van der Waals surface area contributed by atoms with Gasteiger partial charge in [-0.05, 0) is 25.4 Å². The van der Waals surface area contributed by atoms with E-state index < -0.39 is 0 Å². The number of nitrogens with one attached hydrogen (secondary N) is 1. The summed E-state index contributed by atoms with van der Waals surface area (Å²) in [7, 11) is 2.01. The lowest BCUT2D eigenvalue weighted by atomic mass is 9.88. The number of rotatable bonds is 4. The van der Waals surface area contributed by atoms with Gasteiger partial charge in [0.15, 0.2) is 0 Å². The van der Waals surface area contributed by atoms with Gasteiger partial charge in [-0.25, -0.2) is 0 Å². The highest BCUT2D eigenvalue weighted by Gasteiger charge is 2.13. The van der Waals surface area contributed by atoms with Crippen LogP contribution in [-0.4, -0.2) is 13.6 Å². The molecule has 0 unspecified atom stereocenters. The van der Waals surface area contributed by atoms with Crippen molar-refractivity contribution >= 4 is 0 Å². The molecule has 0 aromatic carbocycles. The van der Waals surface area contributed by atoms with Crippen molar-refractivity contribution < 1.29 is 0 Å². The summed E-state index contributed by atoms with van der Waals surface area (Å²) in [5, 5.41) is 3.19. The van der Waals surface area contributed by atoms with Crippen molar-refractivity contribution in [2.75, 3.05) is 13.6 Å². The third-order valence-electron chi connectivity index (χ3n) is 1.58. The zero-order chi connectivity index (χ0) is 9.33. The lowest BCUT2D eigenvalue weighted by Gasteiger charge is -2.22. The lowest BCUT2D eigenvalue weighted by Crippen LogP contribution is -2.26. The lowest BCUT2D eigenvalue weighted by molar-refractivity contribution is 0.321. The monoisotopic (exact) mass is 159 g/mol. The molecule has 0 saturated heterocycles. The summed E-state index contributed by atoms with van der Waals surface area (Å²) in [6.45, 7) is 12.0. The molecule has 70 valence electrons. The Morgan fingerprint density at radius 2 is 1.64 bits per heavy atom. The van der Waals surface area contributed by atoms with Crippen molar-refractivity contribution in [1.82, 2.24) is 5.32 Å². The van der Waals surface area contributed by atoms with Gasteiger partial charge < -0.3 is 5.32 Å². The van der Waals surface area contributed by atoms with Gasteiger partial charge in [-0.1, -0.05) is 41.0 Å². The maximum Gasteiger partial charge on any atom is -0.0000489 e. The van der Waals surface area contributed by atoms with Gasteiger partial charge in [0.05, 0.1) is 0 Å². The van der Waals surface area contributed by atoms with E-state index in [0.29, 0.717) is 5.41 Å². The summed E-state index contributed by atoms with van der Waals surface area (Å²) < 4.78 is 0. The van der Waals surface area contributed by atoms with E-state index in [2.05, 4.69) is 26.1 Å². The second kappa shape index (κ2) is 8.06. The van der Waals surface area contributed by atoms with E-state index >= 15 is 0 Å². The Balaban J connectivity index is 0. The molecule has 0 aromatic rings. The molecule has 0 aliphatic carbocycles. The van der Waals surface area contributed by atoms with Gasteiger partial charge in [0.1, 0.15) is 0 Å². The second-order valence-corrected chi connectivity index (χ2v) is 3.44. The minimum atomic E-state index is 0.490. The van der Waals surface area contributed by atoms with Crippen LogP contribution in [-0.2, 0) is 0 Å². The molecule has 1 nitrogen and oxygen atoms in total. The summed E-state index contributed by atoms with van der Waals surface area (Å²) in [6, 6.07) is 0. The number of hydrogen-bond donors (Lipinski definition) is 1. The van der Waals surface area contributed by atoms with Crippen molar-refractivity contribution in [2.45, 2.75) is 47.5 Å². The molecule has 0 bridgehead atoms. The van der Waals surface area contributed by atoms with Gasteiger partial charge in [0.2, 0.25) is 0 Å². The molecule has 0 amide bonds. The highest BCUT2D eigenvalue weighted by atomic mass is 14.8. The zero-order valence-corrected chi connectivity index (χ0v) is 9.12. The third-order valence-corrected chi connectivity index (χ3v) is 1.58. The van der Waals surface area contributed by atoms with E-state index in [1.807, 2.05) is 20.9 Å². The first-order chi connectivity index (χ1) is 5.12. The van der Waals surface area contributed by atoms with Crippen molar-refractivity contribution in [3.05, 3.63) is 0 Å². The van der Waals surface area contributed by atoms with Crippen LogP contribution in [0.4, 0.5) is 0 Å². The molecule has 0 aromatic heterocycles. The van der Waals surface area contributed by atoms with Crippen molar-refractivity contribution in [3.63, 3.8) is 0 Å². The van der Waals surface area contributed by atoms with Crippen LogP contribution < -0.4 is 5.32 Å². The highest BCUT2D eigenvalue weighted by molar-refractivity contribution is 4.68. The molecule has 0 atom stereocenters. The van der Waals surface area contributed by atoms with Gasteiger partial charge in [0, 0.05) is 0 Å². The molecule has 0 aliphatic heterocycles. The van der Waals surface area contributed by atoms with Crippen molar-refractivity contribution in [3.8, 4) is 0 Å². The van der Waals surface area contributed by atoms with E-state index in [1.54, 1.807) is 0 Å². The van der Waals surface area contributed by atoms with Crippen LogP contribution in [0, 0.1) is 5.41 Å². The SMILES string of the molecule is CC.CCCC(C)(C)CNC. The first kappa shape index (κ1) is 13.5. The van der Waals surface area contributed by atoms with Gasteiger partial charge in [-0.2, -0.15) is 0 Å². The summed E-state index contributed by atoms with van der Waals surface area (Å²) >= 11 is 0. The Morgan fingerprint density at radius 3 is 1.91 bits per heavy atom. The van der Waals surface area contributed by atoms with Crippen LogP contribution in [0.2, 0.25) is 0 Å². The van der Waals surface area contributed by atoms with E-state index in [-0.39, 0.29) is 0 Å². The smallest absolute Gasteiger partial charge is 0.0000489 e. The quantitative estimate of drug-likeness (QED) is 0.665. The minimum absolute atomic E-state index is 0.490. The molecule has 0 aliphatic rings. The van der Waals surface area contributed by atoms with Crippen molar-refractivity contribution in [1.29, 1.82) is 0 Å². The fourth-order valence-electron chi connectivity index (χ4n) is 1.24. The van der Waals surface area contributed by atoms with E-state index in [9.17, 15) is 0 Å². The highest BCUT2D eigenvalue weighted by Crippen LogP contribution is 2.19. The van der Waals surface area contributed by atoms with E-state index in [1.165, 1.54) is 12.8 Å². The molecular formula is C10H25N. The summed E-state index contributed by atoms with van der Waals surface area (Å²) in [4.78, 5) is 0. The minimum Gasteiger partial charge on any atom is -0.319 e. The van der Waals surface area contributed by atoms with Gasteiger partial charge in [-0.15, -0.1) is 0 Å². The summed E-state index contributed by atoms with van der Waals surface area (Å²) in [6.07, 6.45) is 2.60. The average Bonchev–Trinajstić information content (AvgIpc) is 1.91. The standard InChI is InChI=1S/C8H19N.C2H6/c1-5-6-8(2,3)7-9-4;1-2/h9H,5-7H2,1-4H3;1-2H3. The molecule has 1 heteroatoms. The molecule has 0 fully saturated rings. The van der Waals surface area contributed by atoms with Crippen LogP contribution in [0.1, 0.15) is 47.5 Å². The van der Waals surface area contributed by atoms with Gasteiger partial charge in [0.25, 0.3) is 0 Å². The molecule has 0 radical (unpaired) electrons. The van der Waals surface area contributed by atoms with Crippen LogP contribution in [0.3, 0.4) is 0 Å². The third kappa shape index (κ3) is 9.96. The molecule has 11 heavy (non-hydrogen) atoms. The molecule has 0 heterocycles. The Bertz CT molecular complexity index is 59.3. The molecule has 0 saturated carbocycles. The second-order valence-electron chi connectivity index (χ2n) is 3.44. The Morgan fingerprint density at radius 1 is 1.18 bits per heavy atom. The Hall–Kier alpha value is -0.0400. The topological polar surface area (TPSA) is 12.0 Å². The number of hydrogen-bond acceptors (Lipinski definition) is 1. The maximum absolute atomic E-state index is 3.19. The van der Waals surface area contributed by atoms with E-state index in [0.717, 1.165) is 6.54 Å². The average molecular weight is 159 g/mol. The first-order valence-corrected chi connectivity index (χ1v) is 4.77. The fraction of sp³-hybridized carbons (Fsp3) is 1.00. The predicted octanol–water partition coefficient (Wildman–Crippen LogP) is 3.06. The van der Waals surface area contributed by atoms with Crippen LogP contribution in [0.5, 0.6) is 0 Å². The molecular weight excluding hydrogens is 134 g/mol. The van der Waals surface area contributed by atoms with Crippen LogP contribution >= 0.6 is 0 Å². The largest absolute Gasteiger partial charge is 0.319 e. The van der Waals surface area contributed by atoms with Crippen LogP contribution in [0.25, 0.3) is 0 Å². The maximum atomic E-state index is 3.19. The Labute approximate surface area is 72.6 Å². The summed E-state index contributed by atoms with van der Waals surface area (Å²) in [5.41, 5.74) is 0.490. The molecule has 0 rings (SSSR count). The summed E-state index contributed by atoms with van der Waals surface area (Å²) in [5.74, 6) is 0. The van der Waals surface area contributed by atoms with Gasteiger partial charge in [-0.3, -0.25) is 0 Å². The predicted molar refractivity (Wildman–Crippen MR) is 54.0 cm³/mol. The van der Waals surface area contributed by atoms with Gasteiger partial charge >= 0.3 is 0 Å². The van der Waals surface area contributed by atoms with E-state index in [4.69, 9.17) is 0 Å². The van der Waals surface area contributed by atoms with Crippen LogP contribution in [0.15, 0.2) is 0 Å². The normalized spacial score (nSPS) is 10.4. The first-order valence-electron chi connectivity index (χ1n) is 4.77. The zero-order valence-electron chi connectivity index (χ0n) is 9.12.